The van der Waals surface area contributed by atoms with Gasteiger partial charge in [-0.2, -0.15) is 0 Å². The second-order valence-electron chi connectivity index (χ2n) is 5.05. The van der Waals surface area contributed by atoms with Crippen molar-refractivity contribution in [1.29, 1.82) is 0 Å². The molecule has 1 aliphatic rings. The standard InChI is InChI=1S/C13H20N2O2S/c1-11-9-15(18(16,17)10-11)8-7-13(14)12-5-3-2-4-6-12/h2-6,11,13H,7-10,14H2,1H3. The summed E-state index contributed by atoms with van der Waals surface area (Å²) < 4.78 is 25.2. The molecule has 18 heavy (non-hydrogen) atoms. The van der Waals surface area contributed by atoms with Gasteiger partial charge in [0.25, 0.3) is 0 Å². The minimum atomic E-state index is -3.04. The van der Waals surface area contributed by atoms with Crippen molar-refractivity contribution in [2.45, 2.75) is 19.4 Å². The second kappa shape index (κ2) is 5.38. The van der Waals surface area contributed by atoms with Crippen LogP contribution in [0.5, 0.6) is 0 Å². The molecule has 5 heteroatoms. The topological polar surface area (TPSA) is 63.4 Å². The van der Waals surface area contributed by atoms with Gasteiger partial charge in [-0.3, -0.25) is 0 Å². The van der Waals surface area contributed by atoms with Gasteiger partial charge in [0.05, 0.1) is 5.75 Å². The van der Waals surface area contributed by atoms with Crippen molar-refractivity contribution in [3.05, 3.63) is 35.9 Å². The summed E-state index contributed by atoms with van der Waals surface area (Å²) in [5.74, 6) is 0.496. The predicted octanol–water partition coefficient (Wildman–Crippen LogP) is 1.36. The third-order valence-electron chi connectivity index (χ3n) is 3.32. The van der Waals surface area contributed by atoms with Crippen LogP contribution in [0.3, 0.4) is 0 Å². The number of nitrogens with two attached hydrogens (primary N) is 1. The van der Waals surface area contributed by atoms with Crippen LogP contribution in [0.4, 0.5) is 0 Å². The number of rotatable bonds is 4. The van der Waals surface area contributed by atoms with Crippen LogP contribution in [0.2, 0.25) is 0 Å². The van der Waals surface area contributed by atoms with Crippen LogP contribution in [0.1, 0.15) is 24.9 Å². The average molecular weight is 268 g/mol. The summed E-state index contributed by atoms with van der Waals surface area (Å²) in [5, 5.41) is 0. The molecule has 0 spiro atoms. The maximum Gasteiger partial charge on any atom is 0.214 e. The van der Waals surface area contributed by atoms with Crippen LogP contribution >= 0.6 is 0 Å². The lowest BCUT2D eigenvalue weighted by molar-refractivity contribution is 0.393. The van der Waals surface area contributed by atoms with Gasteiger partial charge in [0.2, 0.25) is 10.0 Å². The maximum atomic E-state index is 11.8. The first-order valence-electron chi connectivity index (χ1n) is 6.27. The van der Waals surface area contributed by atoms with Crippen LogP contribution < -0.4 is 5.73 Å². The molecule has 0 amide bonds. The molecule has 2 N–H and O–H groups in total. The zero-order valence-corrected chi connectivity index (χ0v) is 11.4. The third-order valence-corrected chi connectivity index (χ3v) is 5.43. The maximum absolute atomic E-state index is 11.8. The quantitative estimate of drug-likeness (QED) is 0.896. The van der Waals surface area contributed by atoms with Crippen molar-refractivity contribution < 1.29 is 8.42 Å². The van der Waals surface area contributed by atoms with E-state index >= 15 is 0 Å². The summed E-state index contributed by atoms with van der Waals surface area (Å²) in [7, 11) is -3.04. The number of sulfonamides is 1. The number of benzene rings is 1. The van der Waals surface area contributed by atoms with Crippen LogP contribution in [0.25, 0.3) is 0 Å². The first-order valence-corrected chi connectivity index (χ1v) is 7.88. The molecule has 2 unspecified atom stereocenters. The first-order chi connectivity index (χ1) is 8.49. The Morgan fingerprint density at radius 2 is 2.06 bits per heavy atom. The molecule has 2 rings (SSSR count). The molecule has 2 atom stereocenters. The molecule has 1 aromatic rings. The van der Waals surface area contributed by atoms with E-state index in [0.717, 1.165) is 5.56 Å². The van der Waals surface area contributed by atoms with Crippen LogP contribution in [-0.4, -0.2) is 31.6 Å². The van der Waals surface area contributed by atoms with E-state index in [0.29, 0.717) is 19.5 Å². The normalized spacial score (nSPS) is 25.1. The van der Waals surface area contributed by atoms with E-state index in [-0.39, 0.29) is 17.7 Å². The number of hydrogen-bond acceptors (Lipinski definition) is 3. The SMILES string of the molecule is CC1CN(CCC(N)c2ccccc2)S(=O)(=O)C1. The van der Waals surface area contributed by atoms with Crippen molar-refractivity contribution in [3.63, 3.8) is 0 Å². The molecule has 1 saturated heterocycles. The van der Waals surface area contributed by atoms with E-state index < -0.39 is 10.0 Å². The molecular weight excluding hydrogens is 248 g/mol. The zero-order valence-electron chi connectivity index (χ0n) is 10.6. The Labute approximate surface area is 109 Å². The van der Waals surface area contributed by atoms with Gasteiger partial charge in [0.15, 0.2) is 0 Å². The highest BCUT2D eigenvalue weighted by Crippen LogP contribution is 2.21. The van der Waals surface area contributed by atoms with Crippen molar-refractivity contribution >= 4 is 10.0 Å². The molecule has 0 radical (unpaired) electrons. The van der Waals surface area contributed by atoms with E-state index in [4.69, 9.17) is 5.73 Å². The molecular formula is C13H20N2O2S. The summed E-state index contributed by atoms with van der Waals surface area (Å²) in [4.78, 5) is 0. The highest BCUT2D eigenvalue weighted by molar-refractivity contribution is 7.89. The zero-order chi connectivity index (χ0) is 13.2. The fourth-order valence-corrected chi connectivity index (χ4v) is 4.26. The van der Waals surface area contributed by atoms with Crippen LogP contribution in [-0.2, 0) is 10.0 Å². The fourth-order valence-electron chi connectivity index (χ4n) is 2.36. The molecule has 1 fully saturated rings. The summed E-state index contributed by atoms with van der Waals surface area (Å²) in [6.45, 7) is 3.11. The van der Waals surface area contributed by atoms with Crippen molar-refractivity contribution in [1.82, 2.24) is 4.31 Å². The summed E-state index contributed by atoms with van der Waals surface area (Å²) >= 11 is 0. The Balaban J connectivity index is 1.93. The van der Waals surface area contributed by atoms with E-state index in [2.05, 4.69) is 0 Å². The predicted molar refractivity (Wildman–Crippen MR) is 72.5 cm³/mol. The smallest absolute Gasteiger partial charge is 0.214 e. The molecule has 0 aromatic heterocycles. The lowest BCUT2D eigenvalue weighted by Gasteiger charge is -2.18. The Hall–Kier alpha value is -0.910. The highest BCUT2D eigenvalue weighted by Gasteiger charge is 2.33. The molecule has 1 aromatic carbocycles. The Morgan fingerprint density at radius 3 is 2.61 bits per heavy atom. The second-order valence-corrected chi connectivity index (χ2v) is 7.06. The van der Waals surface area contributed by atoms with Crippen molar-refractivity contribution in [2.75, 3.05) is 18.8 Å². The summed E-state index contributed by atoms with van der Waals surface area (Å²) in [6, 6.07) is 9.70. The Morgan fingerprint density at radius 1 is 1.39 bits per heavy atom. The molecule has 100 valence electrons. The van der Waals surface area contributed by atoms with Gasteiger partial charge >= 0.3 is 0 Å². The van der Waals surface area contributed by atoms with Gasteiger partial charge in [0, 0.05) is 19.1 Å². The van der Waals surface area contributed by atoms with Gasteiger partial charge in [-0.25, -0.2) is 12.7 Å². The van der Waals surface area contributed by atoms with Gasteiger partial charge < -0.3 is 5.73 Å². The molecule has 0 bridgehead atoms. The monoisotopic (exact) mass is 268 g/mol. The van der Waals surface area contributed by atoms with Gasteiger partial charge in [-0.05, 0) is 17.9 Å². The van der Waals surface area contributed by atoms with E-state index in [1.807, 2.05) is 37.3 Å². The minimum Gasteiger partial charge on any atom is -0.324 e. The molecule has 0 saturated carbocycles. The van der Waals surface area contributed by atoms with Gasteiger partial charge in [-0.15, -0.1) is 0 Å². The summed E-state index contributed by atoms with van der Waals surface area (Å²) in [5.41, 5.74) is 7.13. The lowest BCUT2D eigenvalue weighted by Crippen LogP contribution is -2.29. The van der Waals surface area contributed by atoms with Crippen molar-refractivity contribution in [2.24, 2.45) is 11.7 Å². The number of hydrogen-bond donors (Lipinski definition) is 1. The minimum absolute atomic E-state index is 0.0997. The van der Waals surface area contributed by atoms with Crippen LogP contribution in [0, 0.1) is 5.92 Å². The largest absolute Gasteiger partial charge is 0.324 e. The van der Waals surface area contributed by atoms with Gasteiger partial charge in [0.1, 0.15) is 0 Å². The van der Waals surface area contributed by atoms with Gasteiger partial charge in [-0.1, -0.05) is 37.3 Å². The lowest BCUT2D eigenvalue weighted by atomic mass is 10.1. The first kappa shape index (κ1) is 13.5. The summed E-state index contributed by atoms with van der Waals surface area (Å²) in [6.07, 6.45) is 0.663. The van der Waals surface area contributed by atoms with Crippen LogP contribution in [0.15, 0.2) is 30.3 Å². The molecule has 1 aliphatic heterocycles. The van der Waals surface area contributed by atoms with Crippen molar-refractivity contribution in [3.8, 4) is 0 Å². The van der Waals surface area contributed by atoms with E-state index in [9.17, 15) is 8.42 Å². The molecule has 0 aliphatic carbocycles. The Bertz CT molecular complexity index is 487. The molecule has 1 heterocycles. The molecule has 4 nitrogen and oxygen atoms in total. The third kappa shape index (κ3) is 3.10. The van der Waals surface area contributed by atoms with E-state index in [1.54, 1.807) is 4.31 Å². The fraction of sp³-hybridized carbons (Fsp3) is 0.538. The average Bonchev–Trinajstić information content (AvgIpc) is 2.60. The number of nitrogens with zero attached hydrogens (tertiary/aromatic N) is 1. The Kier molecular flexibility index (Phi) is 4.04. The highest BCUT2D eigenvalue weighted by atomic mass is 32.2. The van der Waals surface area contributed by atoms with E-state index in [1.165, 1.54) is 0 Å².